The Kier molecular flexibility index (Phi) is 14.1. The van der Waals surface area contributed by atoms with E-state index in [1.54, 1.807) is 18.2 Å². The van der Waals surface area contributed by atoms with E-state index in [0.29, 0.717) is 29.7 Å². The van der Waals surface area contributed by atoms with E-state index in [1.807, 2.05) is 24.3 Å². The quantitative estimate of drug-likeness (QED) is 0.0639. The Morgan fingerprint density at radius 1 is 0.607 bits per heavy atom. The number of nitrogens with zero attached hydrogens (tertiary/aromatic N) is 1. The summed E-state index contributed by atoms with van der Waals surface area (Å²) in [6.07, 6.45) is 17.1. The van der Waals surface area contributed by atoms with Gasteiger partial charge in [-0.1, -0.05) is 188 Å². The van der Waals surface area contributed by atoms with Gasteiger partial charge in [0, 0.05) is 17.6 Å². The zero-order chi connectivity index (χ0) is 39.6. The van der Waals surface area contributed by atoms with Crippen LogP contribution in [0.1, 0.15) is 137 Å². The molecular formula is C49H57F6N. The van der Waals surface area contributed by atoms with E-state index < -0.39 is 28.9 Å². The van der Waals surface area contributed by atoms with Gasteiger partial charge < -0.3 is 4.90 Å². The first-order valence-corrected chi connectivity index (χ1v) is 21.1. The molecule has 2 atom stereocenters. The van der Waals surface area contributed by atoms with E-state index >= 15 is 0 Å². The minimum atomic E-state index is -4.58. The van der Waals surface area contributed by atoms with Crippen molar-refractivity contribution < 1.29 is 26.3 Å². The highest BCUT2D eigenvalue weighted by Gasteiger charge is 2.50. The number of hydrogen-bond donors (Lipinski definition) is 0. The summed E-state index contributed by atoms with van der Waals surface area (Å²) in [4.78, 5) is 2.37. The number of alkyl halides is 6. The summed E-state index contributed by atoms with van der Waals surface area (Å²) in [7, 11) is 0. The largest absolute Gasteiger partial charge is 0.416 e. The Bertz CT molecular complexity index is 1940. The lowest BCUT2D eigenvalue weighted by Crippen LogP contribution is -2.49. The van der Waals surface area contributed by atoms with Crippen LogP contribution >= 0.6 is 0 Å². The van der Waals surface area contributed by atoms with Gasteiger partial charge in [-0.2, -0.15) is 26.3 Å². The zero-order valence-corrected chi connectivity index (χ0v) is 32.8. The third-order valence-corrected chi connectivity index (χ3v) is 12.1. The van der Waals surface area contributed by atoms with E-state index in [2.05, 4.69) is 36.1 Å². The fourth-order valence-corrected chi connectivity index (χ4v) is 9.19. The van der Waals surface area contributed by atoms with Crippen LogP contribution < -0.4 is 4.90 Å². The van der Waals surface area contributed by atoms with Gasteiger partial charge in [-0.15, -0.1) is 0 Å². The molecule has 0 aromatic heterocycles. The Hall–Kier alpha value is -4.00. The molecule has 0 N–H and O–H groups in total. The van der Waals surface area contributed by atoms with Gasteiger partial charge in [0.25, 0.3) is 0 Å². The number of allylic oxidation sites excluding steroid dienone is 2. The smallest absolute Gasteiger partial charge is 0.366 e. The number of fused-ring (bicyclic) bond motifs is 3. The first kappa shape index (κ1) is 41.6. The second-order valence-corrected chi connectivity index (χ2v) is 16.0. The zero-order valence-electron chi connectivity index (χ0n) is 32.8. The molecule has 6 rings (SSSR count). The van der Waals surface area contributed by atoms with Crippen LogP contribution in [0.2, 0.25) is 0 Å². The SMILES string of the molecule is CCCCCCCCCCCCCCCCCCN1c2c(ccc3ccccc23)CC1C1(c2cccc(C(F)(F)F)c2)C=CC=C1c1cccc(C(F)(F)F)c1. The minimum Gasteiger partial charge on any atom is -0.366 e. The van der Waals surface area contributed by atoms with Gasteiger partial charge >= 0.3 is 12.4 Å². The molecule has 0 saturated heterocycles. The average molecular weight is 774 g/mol. The molecule has 1 aliphatic carbocycles. The van der Waals surface area contributed by atoms with Crippen molar-refractivity contribution in [1.82, 2.24) is 0 Å². The van der Waals surface area contributed by atoms with Crippen LogP contribution in [-0.4, -0.2) is 12.6 Å². The first-order chi connectivity index (χ1) is 27.0. The molecule has 2 unspecified atom stereocenters. The maximum absolute atomic E-state index is 14.3. The van der Waals surface area contributed by atoms with Crippen LogP contribution in [0.15, 0.2) is 103 Å². The molecule has 0 bridgehead atoms. The van der Waals surface area contributed by atoms with E-state index in [1.165, 1.54) is 102 Å². The molecule has 0 amide bonds. The normalized spacial score (nSPS) is 18.2. The predicted octanol–water partition coefficient (Wildman–Crippen LogP) is 15.5. The fraction of sp³-hybridized carbons (Fsp3) is 0.469. The lowest BCUT2D eigenvalue weighted by atomic mass is 9.67. The summed E-state index contributed by atoms with van der Waals surface area (Å²) < 4.78 is 85.1. The van der Waals surface area contributed by atoms with Crippen molar-refractivity contribution in [3.63, 3.8) is 0 Å². The topological polar surface area (TPSA) is 3.24 Å². The summed E-state index contributed by atoms with van der Waals surface area (Å²) in [5, 5.41) is 2.15. The number of hydrogen-bond acceptors (Lipinski definition) is 1. The summed E-state index contributed by atoms with van der Waals surface area (Å²) in [6, 6.07) is 22.6. The van der Waals surface area contributed by atoms with Crippen molar-refractivity contribution in [1.29, 1.82) is 0 Å². The van der Waals surface area contributed by atoms with Crippen molar-refractivity contribution in [3.05, 3.63) is 131 Å². The van der Waals surface area contributed by atoms with Crippen molar-refractivity contribution in [2.45, 2.75) is 140 Å². The molecule has 1 heterocycles. The lowest BCUT2D eigenvalue weighted by Gasteiger charge is -2.44. The second kappa shape index (κ2) is 19.0. The lowest BCUT2D eigenvalue weighted by molar-refractivity contribution is -0.138. The number of unbranched alkanes of at least 4 members (excludes halogenated alkanes) is 15. The highest BCUT2D eigenvalue weighted by atomic mass is 19.4. The molecule has 4 aromatic rings. The van der Waals surface area contributed by atoms with Gasteiger partial charge in [0.05, 0.1) is 22.6 Å². The molecule has 0 spiro atoms. The Morgan fingerprint density at radius 2 is 1.18 bits per heavy atom. The summed E-state index contributed by atoms with van der Waals surface area (Å²) >= 11 is 0. The summed E-state index contributed by atoms with van der Waals surface area (Å²) in [5.41, 5.74) is 0.802. The predicted molar refractivity (Wildman–Crippen MR) is 220 cm³/mol. The maximum atomic E-state index is 14.3. The molecule has 56 heavy (non-hydrogen) atoms. The molecular weight excluding hydrogens is 717 g/mol. The molecule has 4 aromatic carbocycles. The Morgan fingerprint density at radius 3 is 1.80 bits per heavy atom. The molecule has 0 radical (unpaired) electrons. The number of rotatable bonds is 20. The van der Waals surface area contributed by atoms with Crippen molar-refractivity contribution in [3.8, 4) is 0 Å². The number of anilines is 1. The minimum absolute atomic E-state index is 0.352. The first-order valence-electron chi connectivity index (χ1n) is 21.1. The van der Waals surface area contributed by atoms with Gasteiger partial charge in [0.15, 0.2) is 0 Å². The van der Waals surface area contributed by atoms with Gasteiger partial charge in [0.1, 0.15) is 0 Å². The molecule has 1 aliphatic heterocycles. The second-order valence-electron chi connectivity index (χ2n) is 16.0. The van der Waals surface area contributed by atoms with Crippen LogP contribution in [0.25, 0.3) is 16.3 Å². The van der Waals surface area contributed by atoms with Crippen LogP contribution in [0.5, 0.6) is 0 Å². The van der Waals surface area contributed by atoms with Crippen molar-refractivity contribution in [2.75, 3.05) is 11.4 Å². The molecule has 7 heteroatoms. The molecule has 1 nitrogen and oxygen atoms in total. The van der Waals surface area contributed by atoms with Crippen molar-refractivity contribution >= 4 is 22.0 Å². The highest BCUT2D eigenvalue weighted by Crippen LogP contribution is 2.54. The van der Waals surface area contributed by atoms with Crippen LogP contribution in [0.3, 0.4) is 0 Å². The maximum Gasteiger partial charge on any atom is 0.416 e. The van der Waals surface area contributed by atoms with Gasteiger partial charge in [0.2, 0.25) is 0 Å². The number of halogens is 6. The Balaban J connectivity index is 1.21. The molecule has 2 aliphatic rings. The third-order valence-electron chi connectivity index (χ3n) is 12.1. The van der Waals surface area contributed by atoms with Crippen LogP contribution in [0.4, 0.5) is 32.0 Å². The van der Waals surface area contributed by atoms with E-state index in [0.717, 1.165) is 59.5 Å². The van der Waals surface area contributed by atoms with E-state index in [-0.39, 0.29) is 6.04 Å². The molecule has 300 valence electrons. The fourth-order valence-electron chi connectivity index (χ4n) is 9.19. The van der Waals surface area contributed by atoms with Gasteiger partial charge in [-0.25, -0.2) is 0 Å². The van der Waals surface area contributed by atoms with Gasteiger partial charge in [-0.3, -0.25) is 0 Å². The van der Waals surface area contributed by atoms with Crippen LogP contribution in [-0.2, 0) is 24.2 Å². The Labute approximate surface area is 329 Å². The third kappa shape index (κ3) is 9.74. The highest BCUT2D eigenvalue weighted by molar-refractivity contribution is 5.98. The van der Waals surface area contributed by atoms with E-state index in [4.69, 9.17) is 0 Å². The summed E-state index contributed by atoms with van der Waals surface area (Å²) in [6.45, 7) is 2.95. The molecule has 0 saturated carbocycles. The average Bonchev–Trinajstić information content (AvgIpc) is 3.80. The van der Waals surface area contributed by atoms with Crippen molar-refractivity contribution in [2.24, 2.45) is 0 Å². The molecule has 0 fully saturated rings. The standard InChI is InChI=1S/C49H57F6N/c1-2-3-4-5-6-7-8-9-10-11-12-13-14-15-16-19-33-56-45(35-39-31-30-37-23-17-18-28-43(37)46(39)56)47(40-25-21-27-42(36-40)49(53,54)55)32-22-29-44(47)38-24-20-26-41(34-38)48(50,51)52/h17-18,20-32,34,36,45H,2-16,19,33,35H2,1H3. The van der Waals surface area contributed by atoms with Crippen LogP contribution in [0, 0.1) is 0 Å². The number of benzene rings is 4. The summed E-state index contributed by atoms with van der Waals surface area (Å²) in [5.74, 6) is 0. The monoisotopic (exact) mass is 773 g/mol. The van der Waals surface area contributed by atoms with Gasteiger partial charge in [-0.05, 0) is 58.7 Å². The van der Waals surface area contributed by atoms with E-state index in [9.17, 15) is 26.3 Å².